The minimum absolute atomic E-state index is 0.184. The van der Waals surface area contributed by atoms with Crippen molar-refractivity contribution in [2.45, 2.75) is 19.8 Å². The Bertz CT molecular complexity index is 354. The average Bonchev–Trinajstić information content (AvgIpc) is 2.79. The molecule has 2 N–H and O–H groups in total. The van der Waals surface area contributed by atoms with E-state index in [1.54, 1.807) is 14.0 Å². The lowest BCUT2D eigenvalue weighted by Gasteiger charge is -2.04. The number of hydrogen-bond donors (Lipinski definition) is 2. The molecule has 0 aromatic carbocycles. The third-order valence-electron chi connectivity index (χ3n) is 2.23. The molecule has 0 radical (unpaired) electrons. The number of ether oxygens (including phenoxy) is 2. The number of unbranched alkanes of at least 4 members (excludes halogenated alkanes) is 1. The summed E-state index contributed by atoms with van der Waals surface area (Å²) in [6.45, 7) is 4.25. The van der Waals surface area contributed by atoms with Crippen LogP contribution in [0.2, 0.25) is 0 Å². The summed E-state index contributed by atoms with van der Waals surface area (Å²) in [7, 11) is 1.64. The van der Waals surface area contributed by atoms with Crippen LogP contribution in [0.15, 0.2) is 0 Å². The van der Waals surface area contributed by atoms with Gasteiger partial charge in [-0.3, -0.25) is 9.89 Å². The Morgan fingerprint density at radius 3 is 2.83 bits per heavy atom. The molecule has 0 unspecified atom stereocenters. The SMILES string of the molecule is COCCOCCCCNC(=O)c1n[nH]c(C)n1. The van der Waals surface area contributed by atoms with Crippen molar-refractivity contribution in [1.82, 2.24) is 20.5 Å². The van der Waals surface area contributed by atoms with Crippen molar-refractivity contribution in [2.75, 3.05) is 33.5 Å². The Morgan fingerprint density at radius 2 is 2.17 bits per heavy atom. The number of H-pyrrole nitrogens is 1. The zero-order valence-electron chi connectivity index (χ0n) is 10.9. The van der Waals surface area contributed by atoms with Crippen LogP contribution in [-0.4, -0.2) is 54.6 Å². The van der Waals surface area contributed by atoms with Crippen LogP contribution in [0, 0.1) is 6.92 Å². The molecular formula is C11H20N4O3. The quantitative estimate of drug-likeness (QED) is 0.620. The van der Waals surface area contributed by atoms with E-state index < -0.39 is 0 Å². The van der Waals surface area contributed by atoms with E-state index in [0.29, 0.717) is 32.2 Å². The molecule has 7 heteroatoms. The molecule has 0 spiro atoms. The second kappa shape index (κ2) is 8.60. The summed E-state index contributed by atoms with van der Waals surface area (Å²) in [6, 6.07) is 0. The van der Waals surface area contributed by atoms with Crippen molar-refractivity contribution in [3.63, 3.8) is 0 Å². The predicted octanol–water partition coefficient (Wildman–Crippen LogP) is 0.286. The first-order chi connectivity index (χ1) is 8.74. The zero-order chi connectivity index (χ0) is 13.2. The van der Waals surface area contributed by atoms with Crippen molar-refractivity contribution in [2.24, 2.45) is 0 Å². The third kappa shape index (κ3) is 5.74. The van der Waals surface area contributed by atoms with Gasteiger partial charge in [0.1, 0.15) is 5.82 Å². The fraction of sp³-hybridized carbons (Fsp3) is 0.727. The first-order valence-corrected chi connectivity index (χ1v) is 5.98. The molecule has 102 valence electrons. The maximum atomic E-state index is 11.5. The first-order valence-electron chi connectivity index (χ1n) is 5.98. The predicted molar refractivity (Wildman–Crippen MR) is 65.4 cm³/mol. The molecule has 0 saturated carbocycles. The molecule has 0 bridgehead atoms. The molecule has 0 fully saturated rings. The van der Waals surface area contributed by atoms with Gasteiger partial charge in [-0.1, -0.05) is 0 Å². The number of amides is 1. The maximum absolute atomic E-state index is 11.5. The fourth-order valence-corrected chi connectivity index (χ4v) is 1.30. The van der Waals surface area contributed by atoms with E-state index in [0.717, 1.165) is 12.8 Å². The summed E-state index contributed by atoms with van der Waals surface area (Å²) < 4.78 is 10.2. The van der Waals surface area contributed by atoms with Gasteiger partial charge in [0.15, 0.2) is 0 Å². The van der Waals surface area contributed by atoms with Crippen LogP contribution >= 0.6 is 0 Å². The lowest BCUT2D eigenvalue weighted by atomic mass is 10.3. The maximum Gasteiger partial charge on any atom is 0.290 e. The summed E-state index contributed by atoms with van der Waals surface area (Å²) in [6.07, 6.45) is 1.76. The van der Waals surface area contributed by atoms with Crippen LogP contribution in [-0.2, 0) is 9.47 Å². The van der Waals surface area contributed by atoms with E-state index in [2.05, 4.69) is 20.5 Å². The van der Waals surface area contributed by atoms with Crippen LogP contribution in [0.1, 0.15) is 29.3 Å². The number of aryl methyl sites for hydroxylation is 1. The van der Waals surface area contributed by atoms with Gasteiger partial charge >= 0.3 is 0 Å². The lowest BCUT2D eigenvalue weighted by molar-refractivity contribution is 0.0686. The molecule has 1 amide bonds. The highest BCUT2D eigenvalue weighted by Crippen LogP contribution is 1.92. The number of nitrogens with zero attached hydrogens (tertiary/aromatic N) is 2. The van der Waals surface area contributed by atoms with E-state index in [-0.39, 0.29) is 11.7 Å². The van der Waals surface area contributed by atoms with Gasteiger partial charge in [0.2, 0.25) is 5.82 Å². The summed E-state index contributed by atoms with van der Waals surface area (Å²) in [5.74, 6) is 0.565. The Balaban J connectivity index is 1.99. The number of aromatic nitrogens is 3. The minimum atomic E-state index is -0.250. The van der Waals surface area contributed by atoms with E-state index in [1.165, 1.54) is 0 Å². The highest BCUT2D eigenvalue weighted by Gasteiger charge is 2.09. The van der Waals surface area contributed by atoms with Crippen molar-refractivity contribution in [1.29, 1.82) is 0 Å². The molecule has 0 atom stereocenters. The van der Waals surface area contributed by atoms with E-state index in [4.69, 9.17) is 9.47 Å². The smallest absolute Gasteiger partial charge is 0.290 e. The Morgan fingerprint density at radius 1 is 1.33 bits per heavy atom. The van der Waals surface area contributed by atoms with Gasteiger partial charge in [-0.05, 0) is 19.8 Å². The molecule has 18 heavy (non-hydrogen) atoms. The van der Waals surface area contributed by atoms with E-state index in [1.807, 2.05) is 0 Å². The summed E-state index contributed by atoms with van der Waals surface area (Å²) in [5, 5.41) is 9.15. The second-order valence-corrected chi connectivity index (χ2v) is 3.81. The summed E-state index contributed by atoms with van der Waals surface area (Å²) in [4.78, 5) is 15.5. The molecule has 0 saturated heterocycles. The monoisotopic (exact) mass is 256 g/mol. The Kier molecular flexibility index (Phi) is 6.97. The molecule has 1 aromatic heterocycles. The molecule has 1 heterocycles. The molecule has 7 nitrogen and oxygen atoms in total. The van der Waals surface area contributed by atoms with Crippen LogP contribution in [0.5, 0.6) is 0 Å². The van der Waals surface area contributed by atoms with E-state index >= 15 is 0 Å². The van der Waals surface area contributed by atoms with Crippen molar-refractivity contribution in [3.8, 4) is 0 Å². The van der Waals surface area contributed by atoms with Gasteiger partial charge in [-0.15, -0.1) is 5.10 Å². The van der Waals surface area contributed by atoms with Crippen LogP contribution in [0.25, 0.3) is 0 Å². The summed E-state index contributed by atoms with van der Waals surface area (Å²) in [5.41, 5.74) is 0. The third-order valence-corrected chi connectivity index (χ3v) is 2.23. The number of nitrogens with one attached hydrogen (secondary N) is 2. The molecule has 0 aliphatic carbocycles. The van der Waals surface area contributed by atoms with Gasteiger partial charge < -0.3 is 14.8 Å². The number of carbonyl (C=O) groups is 1. The van der Waals surface area contributed by atoms with Gasteiger partial charge in [0.05, 0.1) is 13.2 Å². The molecule has 0 aliphatic rings. The normalized spacial score (nSPS) is 10.6. The topological polar surface area (TPSA) is 89.1 Å². The number of carbonyl (C=O) groups excluding carboxylic acids is 1. The van der Waals surface area contributed by atoms with Crippen molar-refractivity contribution < 1.29 is 14.3 Å². The highest BCUT2D eigenvalue weighted by molar-refractivity contribution is 5.90. The molecular weight excluding hydrogens is 236 g/mol. The first kappa shape index (κ1) is 14.6. The van der Waals surface area contributed by atoms with Gasteiger partial charge in [0.25, 0.3) is 5.91 Å². The van der Waals surface area contributed by atoms with Crippen molar-refractivity contribution >= 4 is 5.91 Å². The van der Waals surface area contributed by atoms with E-state index in [9.17, 15) is 4.79 Å². The van der Waals surface area contributed by atoms with Crippen molar-refractivity contribution in [3.05, 3.63) is 11.6 Å². The highest BCUT2D eigenvalue weighted by atomic mass is 16.5. The zero-order valence-corrected chi connectivity index (χ0v) is 10.9. The van der Waals surface area contributed by atoms with Crippen LogP contribution < -0.4 is 5.32 Å². The molecule has 1 rings (SSSR count). The fourth-order valence-electron chi connectivity index (χ4n) is 1.30. The number of rotatable bonds is 9. The summed E-state index contributed by atoms with van der Waals surface area (Å²) >= 11 is 0. The standard InChI is InChI=1S/C11H20N4O3/c1-9-13-10(15-14-9)11(16)12-5-3-4-6-18-8-7-17-2/h3-8H2,1-2H3,(H,12,16)(H,13,14,15). The van der Waals surface area contributed by atoms with Crippen LogP contribution in [0.4, 0.5) is 0 Å². The largest absolute Gasteiger partial charge is 0.382 e. The van der Waals surface area contributed by atoms with Gasteiger partial charge in [-0.2, -0.15) is 0 Å². The Labute approximate surface area is 106 Å². The molecule has 1 aromatic rings. The number of aromatic amines is 1. The lowest BCUT2D eigenvalue weighted by Crippen LogP contribution is -2.25. The number of hydrogen-bond acceptors (Lipinski definition) is 5. The molecule has 0 aliphatic heterocycles. The van der Waals surface area contributed by atoms with Crippen LogP contribution in [0.3, 0.4) is 0 Å². The van der Waals surface area contributed by atoms with Gasteiger partial charge in [0, 0.05) is 20.3 Å². The Hall–Kier alpha value is -1.47. The average molecular weight is 256 g/mol. The minimum Gasteiger partial charge on any atom is -0.382 e. The second-order valence-electron chi connectivity index (χ2n) is 3.81. The number of methoxy groups -OCH3 is 1. The van der Waals surface area contributed by atoms with Gasteiger partial charge in [-0.25, -0.2) is 4.98 Å².